The first-order chi connectivity index (χ1) is 33.0. The molecule has 6 nitrogen and oxygen atoms in total. The Bertz CT molecular complexity index is 1300. The summed E-state index contributed by atoms with van der Waals surface area (Å²) in [6.45, 7) is 6.43. The van der Waals surface area contributed by atoms with Crippen molar-refractivity contribution in [2.45, 2.75) is 271 Å². The highest BCUT2D eigenvalue weighted by atomic mass is 16.6. The van der Waals surface area contributed by atoms with Gasteiger partial charge in [-0.05, 0) is 109 Å². The van der Waals surface area contributed by atoms with Gasteiger partial charge in [-0.1, -0.05) is 221 Å². The molecular formula is C61H104O6. The Kier molecular flexibility index (Phi) is 52.4. The van der Waals surface area contributed by atoms with E-state index in [-0.39, 0.29) is 31.1 Å². The zero-order valence-corrected chi connectivity index (χ0v) is 43.9. The molecule has 0 bridgehead atoms. The molecule has 1 unspecified atom stereocenters. The Balaban J connectivity index is 4.42. The molecule has 0 radical (unpaired) electrons. The number of esters is 3. The zero-order valence-electron chi connectivity index (χ0n) is 43.9. The van der Waals surface area contributed by atoms with Crippen LogP contribution in [-0.4, -0.2) is 37.2 Å². The van der Waals surface area contributed by atoms with E-state index in [0.29, 0.717) is 19.3 Å². The van der Waals surface area contributed by atoms with Crippen LogP contribution in [0, 0.1) is 0 Å². The second-order valence-corrected chi connectivity index (χ2v) is 18.5. The third kappa shape index (κ3) is 53.4. The molecule has 0 N–H and O–H groups in total. The van der Waals surface area contributed by atoms with Crippen molar-refractivity contribution in [1.82, 2.24) is 0 Å². The molecule has 0 aliphatic heterocycles. The molecular weight excluding hydrogens is 829 g/mol. The van der Waals surface area contributed by atoms with Crippen LogP contribution < -0.4 is 0 Å². The monoisotopic (exact) mass is 933 g/mol. The standard InChI is InChI=1S/C61H104O6/c1-4-7-10-13-16-19-22-25-27-29-30-32-33-36-39-42-45-48-51-54-60(63)66-57-58(56-65-59(62)53-50-47-44-41-38-35-24-21-18-15-12-9-6-3)67-61(64)55-52-49-46-43-40-37-34-31-28-26-23-20-17-14-11-8-5-2/h8,11-12,15,17,20-21,24-28,34,37,58H,4-7,9-10,13-14,16,18-19,22-23,29-33,35-36,38-57H2,1-3H3/b11-8-,15-12-,20-17-,24-21-,27-25-,28-26-,37-34-. The number of rotatable bonds is 50. The summed E-state index contributed by atoms with van der Waals surface area (Å²) in [6.07, 6.45) is 71.4. The summed E-state index contributed by atoms with van der Waals surface area (Å²) in [4.78, 5) is 38.1. The number of hydrogen-bond acceptors (Lipinski definition) is 6. The van der Waals surface area contributed by atoms with Crippen molar-refractivity contribution in [1.29, 1.82) is 0 Å². The maximum absolute atomic E-state index is 12.8. The van der Waals surface area contributed by atoms with Gasteiger partial charge in [0.25, 0.3) is 0 Å². The number of carbonyl (C=O) groups is 3. The average molecular weight is 933 g/mol. The van der Waals surface area contributed by atoms with E-state index in [1.54, 1.807) is 0 Å². The Labute approximate surface area is 414 Å². The van der Waals surface area contributed by atoms with Crippen LogP contribution in [-0.2, 0) is 28.6 Å². The molecule has 0 aliphatic carbocycles. The minimum atomic E-state index is -0.796. The number of hydrogen-bond donors (Lipinski definition) is 0. The van der Waals surface area contributed by atoms with Crippen molar-refractivity contribution in [2.24, 2.45) is 0 Å². The van der Waals surface area contributed by atoms with Crippen LogP contribution in [0.3, 0.4) is 0 Å². The summed E-state index contributed by atoms with van der Waals surface area (Å²) in [7, 11) is 0. The highest BCUT2D eigenvalue weighted by molar-refractivity contribution is 5.71. The minimum Gasteiger partial charge on any atom is -0.462 e. The largest absolute Gasteiger partial charge is 0.462 e. The van der Waals surface area contributed by atoms with Gasteiger partial charge in [-0.3, -0.25) is 14.4 Å². The molecule has 0 aromatic rings. The van der Waals surface area contributed by atoms with Crippen LogP contribution in [0.5, 0.6) is 0 Å². The first-order valence-electron chi connectivity index (χ1n) is 28.1. The van der Waals surface area contributed by atoms with Crippen molar-refractivity contribution < 1.29 is 28.6 Å². The van der Waals surface area contributed by atoms with Gasteiger partial charge in [0.2, 0.25) is 0 Å². The van der Waals surface area contributed by atoms with E-state index in [4.69, 9.17) is 14.2 Å². The van der Waals surface area contributed by atoms with Crippen molar-refractivity contribution >= 4 is 17.9 Å². The van der Waals surface area contributed by atoms with Crippen molar-refractivity contribution in [3.05, 3.63) is 85.1 Å². The third-order valence-electron chi connectivity index (χ3n) is 11.8. The van der Waals surface area contributed by atoms with Crippen LogP contribution in [0.15, 0.2) is 85.1 Å². The van der Waals surface area contributed by atoms with E-state index >= 15 is 0 Å². The minimum absolute atomic E-state index is 0.0922. The van der Waals surface area contributed by atoms with Gasteiger partial charge in [-0.15, -0.1) is 0 Å². The fourth-order valence-electron chi connectivity index (χ4n) is 7.64. The van der Waals surface area contributed by atoms with Crippen molar-refractivity contribution in [2.75, 3.05) is 13.2 Å². The van der Waals surface area contributed by atoms with Gasteiger partial charge in [0.05, 0.1) is 0 Å². The van der Waals surface area contributed by atoms with Crippen LogP contribution >= 0.6 is 0 Å². The fourth-order valence-corrected chi connectivity index (χ4v) is 7.64. The molecule has 0 saturated carbocycles. The lowest BCUT2D eigenvalue weighted by atomic mass is 10.1. The number of ether oxygens (including phenoxy) is 3. The maximum Gasteiger partial charge on any atom is 0.306 e. The predicted octanol–water partition coefficient (Wildman–Crippen LogP) is 18.8. The van der Waals surface area contributed by atoms with Gasteiger partial charge in [0.1, 0.15) is 13.2 Å². The van der Waals surface area contributed by atoms with Gasteiger partial charge >= 0.3 is 17.9 Å². The molecule has 0 amide bonds. The summed E-state index contributed by atoms with van der Waals surface area (Å²) in [5, 5.41) is 0. The second kappa shape index (κ2) is 55.2. The summed E-state index contributed by atoms with van der Waals surface area (Å²) in [5.41, 5.74) is 0. The van der Waals surface area contributed by atoms with Gasteiger partial charge in [0, 0.05) is 19.3 Å². The first-order valence-corrected chi connectivity index (χ1v) is 28.1. The molecule has 0 rings (SSSR count). The molecule has 0 aromatic carbocycles. The molecule has 0 fully saturated rings. The normalized spacial score (nSPS) is 12.7. The first kappa shape index (κ1) is 63.6. The van der Waals surface area contributed by atoms with Crippen LogP contribution in [0.1, 0.15) is 265 Å². The average Bonchev–Trinajstić information content (AvgIpc) is 3.33. The van der Waals surface area contributed by atoms with Crippen LogP contribution in [0.4, 0.5) is 0 Å². The lowest BCUT2D eigenvalue weighted by Gasteiger charge is -2.18. The number of allylic oxidation sites excluding steroid dienone is 14. The lowest BCUT2D eigenvalue weighted by molar-refractivity contribution is -0.167. The summed E-state index contributed by atoms with van der Waals surface area (Å²) >= 11 is 0. The van der Waals surface area contributed by atoms with E-state index in [1.807, 2.05) is 0 Å². The van der Waals surface area contributed by atoms with Gasteiger partial charge in [-0.25, -0.2) is 0 Å². The Morgan fingerprint density at radius 1 is 0.313 bits per heavy atom. The number of unbranched alkanes of at least 4 members (excludes halogenated alkanes) is 25. The predicted molar refractivity (Wildman–Crippen MR) is 288 cm³/mol. The number of carbonyl (C=O) groups excluding carboxylic acids is 3. The van der Waals surface area contributed by atoms with E-state index < -0.39 is 6.10 Å². The smallest absolute Gasteiger partial charge is 0.306 e. The second-order valence-electron chi connectivity index (χ2n) is 18.5. The van der Waals surface area contributed by atoms with E-state index in [0.717, 1.165) is 128 Å². The topological polar surface area (TPSA) is 78.9 Å². The molecule has 0 aromatic heterocycles. The van der Waals surface area contributed by atoms with Crippen molar-refractivity contribution in [3.63, 3.8) is 0 Å². The molecule has 0 aliphatic rings. The molecule has 0 saturated heterocycles. The highest BCUT2D eigenvalue weighted by Gasteiger charge is 2.19. The van der Waals surface area contributed by atoms with Crippen LogP contribution in [0.2, 0.25) is 0 Å². The maximum atomic E-state index is 12.8. The van der Waals surface area contributed by atoms with E-state index in [9.17, 15) is 14.4 Å². The fraction of sp³-hybridized carbons (Fsp3) is 0.721. The molecule has 1 atom stereocenters. The summed E-state index contributed by atoms with van der Waals surface area (Å²) in [6, 6.07) is 0. The quantitative estimate of drug-likeness (QED) is 0.0262. The zero-order chi connectivity index (χ0) is 48.6. The Morgan fingerprint density at radius 2 is 0.612 bits per heavy atom. The molecule has 0 spiro atoms. The lowest BCUT2D eigenvalue weighted by Crippen LogP contribution is -2.30. The molecule has 67 heavy (non-hydrogen) atoms. The van der Waals surface area contributed by atoms with Gasteiger partial charge in [-0.2, -0.15) is 0 Å². The SMILES string of the molecule is CC/C=C\C/C=C\C/C=C\C/C=C\CCCCCCC(=O)OC(COC(=O)CCCCCCC/C=C\C/C=C\CCC)COC(=O)CCCCCCCCCCC/C=C\CCCCCCCC. The third-order valence-corrected chi connectivity index (χ3v) is 11.8. The van der Waals surface area contributed by atoms with E-state index in [1.165, 1.54) is 96.3 Å². The molecule has 384 valence electrons. The molecule has 6 heteroatoms. The Hall–Kier alpha value is -3.41. The Morgan fingerprint density at radius 3 is 0.985 bits per heavy atom. The van der Waals surface area contributed by atoms with Gasteiger partial charge < -0.3 is 14.2 Å². The highest BCUT2D eigenvalue weighted by Crippen LogP contribution is 2.15. The van der Waals surface area contributed by atoms with Crippen molar-refractivity contribution in [3.8, 4) is 0 Å². The van der Waals surface area contributed by atoms with E-state index in [2.05, 4.69) is 106 Å². The van der Waals surface area contributed by atoms with Crippen LogP contribution in [0.25, 0.3) is 0 Å². The van der Waals surface area contributed by atoms with Gasteiger partial charge in [0.15, 0.2) is 6.10 Å². The summed E-state index contributed by atoms with van der Waals surface area (Å²) < 4.78 is 16.8. The summed E-state index contributed by atoms with van der Waals surface area (Å²) in [5.74, 6) is -0.929. The molecule has 0 heterocycles.